The van der Waals surface area contributed by atoms with Gasteiger partial charge < -0.3 is 20.7 Å². The van der Waals surface area contributed by atoms with E-state index in [0.29, 0.717) is 11.4 Å². The summed E-state index contributed by atoms with van der Waals surface area (Å²) in [5.41, 5.74) is 0.609. The first-order valence-corrected chi connectivity index (χ1v) is 8.20. The molecule has 0 radical (unpaired) electrons. The van der Waals surface area contributed by atoms with Gasteiger partial charge >= 0.3 is 6.03 Å². The van der Waals surface area contributed by atoms with Crippen molar-refractivity contribution in [1.82, 2.24) is 10.6 Å². The first kappa shape index (κ1) is 18.3. The molecule has 0 aliphatic rings. The average Bonchev–Trinajstić information content (AvgIpc) is 2.55. The summed E-state index contributed by atoms with van der Waals surface area (Å²) in [4.78, 5) is 23.4. The maximum atomic E-state index is 11.9. The SMILES string of the molecule is CC(C)NC(=O)CCNC(=O)Nc1cccc(Oc2ccccc2)c1. The van der Waals surface area contributed by atoms with Crippen molar-refractivity contribution < 1.29 is 14.3 Å². The largest absolute Gasteiger partial charge is 0.457 e. The van der Waals surface area contributed by atoms with E-state index >= 15 is 0 Å². The summed E-state index contributed by atoms with van der Waals surface area (Å²) in [7, 11) is 0. The molecule has 0 aromatic heterocycles. The van der Waals surface area contributed by atoms with Crippen LogP contribution in [0.3, 0.4) is 0 Å². The lowest BCUT2D eigenvalue weighted by molar-refractivity contribution is -0.121. The summed E-state index contributed by atoms with van der Waals surface area (Å²) < 4.78 is 5.73. The molecule has 2 aromatic carbocycles. The van der Waals surface area contributed by atoms with Crippen LogP contribution in [0.1, 0.15) is 20.3 Å². The number of rotatable bonds is 7. The van der Waals surface area contributed by atoms with Crippen LogP contribution in [0.15, 0.2) is 54.6 Å². The summed E-state index contributed by atoms with van der Waals surface area (Å²) in [6, 6.07) is 16.2. The Balaban J connectivity index is 1.81. The van der Waals surface area contributed by atoms with Crippen LogP contribution in [0, 0.1) is 0 Å². The molecule has 3 N–H and O–H groups in total. The summed E-state index contributed by atoms with van der Waals surface area (Å²) in [5.74, 6) is 1.26. The minimum absolute atomic E-state index is 0.0893. The zero-order valence-electron chi connectivity index (χ0n) is 14.4. The third kappa shape index (κ3) is 6.95. The lowest BCUT2D eigenvalue weighted by Gasteiger charge is -2.11. The highest BCUT2D eigenvalue weighted by Crippen LogP contribution is 2.23. The Morgan fingerprint density at radius 2 is 1.72 bits per heavy atom. The third-order valence-electron chi connectivity index (χ3n) is 3.16. The average molecular weight is 341 g/mol. The van der Waals surface area contributed by atoms with Crippen molar-refractivity contribution in [1.29, 1.82) is 0 Å². The monoisotopic (exact) mass is 341 g/mol. The topological polar surface area (TPSA) is 79.5 Å². The molecule has 2 aromatic rings. The van der Waals surface area contributed by atoms with Crippen LogP contribution in [-0.2, 0) is 4.79 Å². The molecule has 25 heavy (non-hydrogen) atoms. The van der Waals surface area contributed by atoms with E-state index < -0.39 is 0 Å². The molecule has 0 saturated carbocycles. The van der Waals surface area contributed by atoms with Gasteiger partial charge in [0, 0.05) is 30.8 Å². The highest BCUT2D eigenvalue weighted by Gasteiger charge is 2.06. The highest BCUT2D eigenvalue weighted by atomic mass is 16.5. The highest BCUT2D eigenvalue weighted by molar-refractivity contribution is 5.89. The molecule has 132 valence electrons. The third-order valence-corrected chi connectivity index (χ3v) is 3.16. The van der Waals surface area contributed by atoms with Gasteiger partial charge in [-0.05, 0) is 38.1 Å². The standard InChI is InChI=1S/C19H23N3O3/c1-14(2)21-18(23)11-12-20-19(24)22-15-7-6-10-17(13-15)25-16-8-4-3-5-9-16/h3-10,13-14H,11-12H2,1-2H3,(H,21,23)(H2,20,22,24). The van der Waals surface area contributed by atoms with Crippen molar-refractivity contribution in [3.63, 3.8) is 0 Å². The molecule has 6 nitrogen and oxygen atoms in total. The molecule has 0 spiro atoms. The van der Waals surface area contributed by atoms with Crippen LogP contribution in [0.4, 0.5) is 10.5 Å². The fourth-order valence-electron chi connectivity index (χ4n) is 2.12. The number of nitrogens with one attached hydrogen (secondary N) is 3. The number of carbonyl (C=O) groups excluding carboxylic acids is 2. The Morgan fingerprint density at radius 1 is 1.00 bits per heavy atom. The quantitative estimate of drug-likeness (QED) is 0.721. The first-order chi connectivity index (χ1) is 12.0. The van der Waals surface area contributed by atoms with Crippen LogP contribution in [0.5, 0.6) is 11.5 Å². The predicted octanol–water partition coefficient (Wildman–Crippen LogP) is 3.52. The van der Waals surface area contributed by atoms with Crippen LogP contribution in [0.25, 0.3) is 0 Å². The van der Waals surface area contributed by atoms with E-state index in [2.05, 4.69) is 16.0 Å². The molecular formula is C19H23N3O3. The van der Waals surface area contributed by atoms with Crippen molar-refractivity contribution in [2.45, 2.75) is 26.3 Å². The summed E-state index contributed by atoms with van der Waals surface area (Å²) in [6.45, 7) is 4.05. The van der Waals surface area contributed by atoms with Gasteiger partial charge in [-0.3, -0.25) is 4.79 Å². The lowest BCUT2D eigenvalue weighted by atomic mass is 10.3. The second-order valence-electron chi connectivity index (χ2n) is 5.80. The normalized spacial score (nSPS) is 10.2. The maximum absolute atomic E-state index is 11.9. The van der Waals surface area contributed by atoms with Gasteiger partial charge in [0.15, 0.2) is 0 Å². The number of urea groups is 1. The zero-order chi connectivity index (χ0) is 18.1. The number of hydrogen-bond donors (Lipinski definition) is 3. The molecule has 0 heterocycles. The van der Waals surface area contributed by atoms with Gasteiger partial charge in [0.1, 0.15) is 11.5 Å². The molecule has 0 unspecified atom stereocenters. The Morgan fingerprint density at radius 3 is 2.44 bits per heavy atom. The summed E-state index contributed by atoms with van der Waals surface area (Å²) in [6.07, 6.45) is 0.239. The Labute approximate surface area is 147 Å². The fraction of sp³-hybridized carbons (Fsp3) is 0.263. The molecule has 0 fully saturated rings. The molecule has 0 aliphatic heterocycles. The minimum atomic E-state index is -0.366. The number of anilines is 1. The number of para-hydroxylation sites is 1. The van der Waals surface area contributed by atoms with E-state index in [0.717, 1.165) is 5.75 Å². The number of ether oxygens (including phenoxy) is 1. The van der Waals surface area contributed by atoms with Gasteiger partial charge in [-0.1, -0.05) is 24.3 Å². The van der Waals surface area contributed by atoms with Crippen molar-refractivity contribution in [2.24, 2.45) is 0 Å². The van der Waals surface area contributed by atoms with E-state index in [1.165, 1.54) is 0 Å². The molecule has 3 amide bonds. The number of amides is 3. The molecule has 0 bridgehead atoms. The van der Waals surface area contributed by atoms with E-state index in [4.69, 9.17) is 4.74 Å². The van der Waals surface area contributed by atoms with E-state index in [9.17, 15) is 9.59 Å². The van der Waals surface area contributed by atoms with Crippen molar-refractivity contribution in [2.75, 3.05) is 11.9 Å². The van der Waals surface area contributed by atoms with Crippen molar-refractivity contribution >= 4 is 17.6 Å². The van der Waals surface area contributed by atoms with Crippen molar-refractivity contribution in [3.8, 4) is 11.5 Å². The fourth-order valence-corrected chi connectivity index (χ4v) is 2.12. The minimum Gasteiger partial charge on any atom is -0.457 e. The Bertz CT molecular complexity index is 702. The molecule has 0 atom stereocenters. The van der Waals surface area contributed by atoms with Gasteiger partial charge in [-0.25, -0.2) is 4.79 Å². The lowest BCUT2D eigenvalue weighted by Crippen LogP contribution is -2.35. The summed E-state index contributed by atoms with van der Waals surface area (Å²) >= 11 is 0. The Hall–Kier alpha value is -3.02. The van der Waals surface area contributed by atoms with Gasteiger partial charge in [0.25, 0.3) is 0 Å². The molecule has 2 rings (SSSR count). The first-order valence-electron chi connectivity index (χ1n) is 8.20. The smallest absolute Gasteiger partial charge is 0.319 e. The molecule has 0 saturated heterocycles. The van der Waals surface area contributed by atoms with Crippen LogP contribution >= 0.6 is 0 Å². The second-order valence-corrected chi connectivity index (χ2v) is 5.80. The van der Waals surface area contributed by atoms with Gasteiger partial charge in [-0.15, -0.1) is 0 Å². The van der Waals surface area contributed by atoms with Gasteiger partial charge in [-0.2, -0.15) is 0 Å². The van der Waals surface area contributed by atoms with E-state index in [-0.39, 0.29) is 30.9 Å². The zero-order valence-corrected chi connectivity index (χ0v) is 14.4. The van der Waals surface area contributed by atoms with Crippen LogP contribution in [-0.4, -0.2) is 24.5 Å². The molecular weight excluding hydrogens is 318 g/mol. The Kier molecular flexibility index (Phi) is 6.83. The van der Waals surface area contributed by atoms with E-state index in [1.54, 1.807) is 18.2 Å². The predicted molar refractivity (Wildman–Crippen MR) is 97.9 cm³/mol. The number of carbonyl (C=O) groups is 2. The van der Waals surface area contributed by atoms with Crippen LogP contribution in [0.2, 0.25) is 0 Å². The molecule has 6 heteroatoms. The van der Waals surface area contributed by atoms with Crippen molar-refractivity contribution in [3.05, 3.63) is 54.6 Å². The molecule has 0 aliphatic carbocycles. The second kappa shape index (κ2) is 9.32. The number of benzene rings is 2. The number of hydrogen-bond acceptors (Lipinski definition) is 3. The van der Waals surface area contributed by atoms with Crippen LogP contribution < -0.4 is 20.7 Å². The summed E-state index contributed by atoms with van der Waals surface area (Å²) in [5, 5.41) is 8.14. The van der Waals surface area contributed by atoms with E-state index in [1.807, 2.05) is 50.2 Å². The van der Waals surface area contributed by atoms with Gasteiger partial charge in [0.2, 0.25) is 5.91 Å². The maximum Gasteiger partial charge on any atom is 0.319 e. The van der Waals surface area contributed by atoms with Gasteiger partial charge in [0.05, 0.1) is 0 Å².